The molecular formula is C21H26N4O3. The van der Waals surface area contributed by atoms with Crippen LogP contribution in [0.4, 0.5) is 11.4 Å². The first kappa shape index (κ1) is 19.8. The highest BCUT2D eigenvalue weighted by Crippen LogP contribution is 2.19. The van der Waals surface area contributed by atoms with Gasteiger partial charge >= 0.3 is 5.97 Å². The van der Waals surface area contributed by atoms with Crippen molar-refractivity contribution in [3.63, 3.8) is 0 Å². The number of likely N-dealkylation sites (N-methyl/N-ethyl adjacent to an activating group) is 1. The molecule has 3 rings (SSSR count). The second-order valence-corrected chi connectivity index (χ2v) is 6.61. The van der Waals surface area contributed by atoms with Gasteiger partial charge in [-0.3, -0.25) is 9.78 Å². The molecule has 1 aromatic carbocycles. The lowest BCUT2D eigenvalue weighted by Gasteiger charge is -2.34. The molecule has 2 heterocycles. The molecule has 0 aliphatic carbocycles. The number of benzene rings is 1. The first-order valence-corrected chi connectivity index (χ1v) is 9.61. The Bertz CT molecular complexity index is 815. The Hall–Kier alpha value is -2.93. The highest BCUT2D eigenvalue weighted by atomic mass is 16.5. The maximum atomic E-state index is 12.8. The third-order valence-electron chi connectivity index (χ3n) is 4.78. The number of nitrogens with zero attached hydrogens (tertiary/aromatic N) is 3. The van der Waals surface area contributed by atoms with Crippen molar-refractivity contribution in [2.45, 2.75) is 13.8 Å². The van der Waals surface area contributed by atoms with E-state index in [1.165, 1.54) is 0 Å². The van der Waals surface area contributed by atoms with Crippen LogP contribution in [0.25, 0.3) is 0 Å². The van der Waals surface area contributed by atoms with E-state index in [9.17, 15) is 9.59 Å². The summed E-state index contributed by atoms with van der Waals surface area (Å²) in [5.41, 5.74) is 2.59. The molecule has 148 valence electrons. The van der Waals surface area contributed by atoms with Crippen LogP contribution >= 0.6 is 0 Å². The number of hydrogen-bond donors (Lipinski definition) is 1. The van der Waals surface area contributed by atoms with E-state index in [1.54, 1.807) is 49.6 Å². The van der Waals surface area contributed by atoms with Gasteiger partial charge in [0.15, 0.2) is 0 Å². The second-order valence-electron chi connectivity index (χ2n) is 6.61. The van der Waals surface area contributed by atoms with Gasteiger partial charge in [0.25, 0.3) is 5.91 Å². The molecule has 0 bridgehead atoms. The number of nitrogens with one attached hydrogen (secondary N) is 1. The Balaban J connectivity index is 1.65. The quantitative estimate of drug-likeness (QED) is 0.775. The molecule has 1 fully saturated rings. The van der Waals surface area contributed by atoms with Crippen LogP contribution in [0.15, 0.2) is 42.7 Å². The van der Waals surface area contributed by atoms with Crippen LogP contribution in [-0.4, -0.2) is 66.0 Å². The van der Waals surface area contributed by atoms with Crippen molar-refractivity contribution in [3.05, 3.63) is 53.9 Å². The first-order valence-electron chi connectivity index (χ1n) is 9.61. The highest BCUT2D eigenvalue weighted by molar-refractivity contribution is 5.95. The largest absolute Gasteiger partial charge is 0.462 e. The summed E-state index contributed by atoms with van der Waals surface area (Å²) in [5, 5.41) is 3.22. The number of carbonyl (C=O) groups excluding carboxylic acids is 2. The average molecular weight is 382 g/mol. The number of amides is 1. The van der Waals surface area contributed by atoms with Gasteiger partial charge in [0.1, 0.15) is 0 Å². The maximum absolute atomic E-state index is 12.8. The summed E-state index contributed by atoms with van der Waals surface area (Å²) in [7, 11) is 0. The van der Waals surface area contributed by atoms with Crippen LogP contribution in [0.2, 0.25) is 0 Å². The molecule has 2 aromatic rings. The van der Waals surface area contributed by atoms with Crippen molar-refractivity contribution in [2.24, 2.45) is 0 Å². The Morgan fingerprint density at radius 3 is 2.36 bits per heavy atom. The molecule has 0 saturated carbocycles. The Labute approximate surface area is 165 Å². The molecular weight excluding hydrogens is 356 g/mol. The van der Waals surface area contributed by atoms with Crippen molar-refractivity contribution < 1.29 is 14.3 Å². The lowest BCUT2D eigenvalue weighted by molar-refractivity contribution is 0.0526. The van der Waals surface area contributed by atoms with Crippen LogP contribution in [0, 0.1) is 0 Å². The molecule has 1 aromatic heterocycles. The zero-order valence-corrected chi connectivity index (χ0v) is 16.4. The normalized spacial score (nSPS) is 14.6. The summed E-state index contributed by atoms with van der Waals surface area (Å²) in [5.74, 6) is -0.337. The fourth-order valence-corrected chi connectivity index (χ4v) is 3.15. The number of carbonyl (C=O) groups is 2. The van der Waals surface area contributed by atoms with Crippen molar-refractivity contribution in [1.29, 1.82) is 0 Å². The molecule has 1 aliphatic heterocycles. The number of aromatic nitrogens is 1. The van der Waals surface area contributed by atoms with Crippen LogP contribution in [0.5, 0.6) is 0 Å². The summed E-state index contributed by atoms with van der Waals surface area (Å²) < 4.78 is 4.99. The van der Waals surface area contributed by atoms with Crippen LogP contribution < -0.4 is 5.32 Å². The zero-order valence-electron chi connectivity index (χ0n) is 16.4. The molecule has 28 heavy (non-hydrogen) atoms. The number of rotatable bonds is 6. The van der Waals surface area contributed by atoms with Gasteiger partial charge in [0.2, 0.25) is 0 Å². The van der Waals surface area contributed by atoms with E-state index < -0.39 is 0 Å². The molecule has 1 saturated heterocycles. The number of hydrogen-bond acceptors (Lipinski definition) is 6. The van der Waals surface area contributed by atoms with E-state index >= 15 is 0 Å². The number of anilines is 2. The van der Waals surface area contributed by atoms with Gasteiger partial charge in [-0.2, -0.15) is 0 Å². The van der Waals surface area contributed by atoms with Crippen LogP contribution in [-0.2, 0) is 4.74 Å². The third kappa shape index (κ3) is 4.86. The fraction of sp³-hybridized carbons (Fsp3) is 0.381. The predicted molar refractivity (Wildman–Crippen MR) is 108 cm³/mol. The monoisotopic (exact) mass is 382 g/mol. The minimum Gasteiger partial charge on any atom is -0.462 e. The zero-order chi connectivity index (χ0) is 19.9. The molecule has 1 amide bonds. The number of piperazine rings is 1. The summed E-state index contributed by atoms with van der Waals surface area (Å²) in [4.78, 5) is 32.9. The Morgan fingerprint density at radius 1 is 1.00 bits per heavy atom. The van der Waals surface area contributed by atoms with Gasteiger partial charge in [-0.15, -0.1) is 0 Å². The van der Waals surface area contributed by atoms with Crippen molar-refractivity contribution in [1.82, 2.24) is 14.8 Å². The minimum absolute atomic E-state index is 0.00422. The third-order valence-corrected chi connectivity index (χ3v) is 4.78. The topological polar surface area (TPSA) is 74.8 Å². The molecule has 1 aliphatic rings. The number of pyridine rings is 1. The molecule has 7 nitrogen and oxygen atoms in total. The van der Waals surface area contributed by atoms with Gasteiger partial charge in [-0.25, -0.2) is 4.79 Å². The molecule has 1 N–H and O–H groups in total. The smallest absolute Gasteiger partial charge is 0.338 e. The van der Waals surface area contributed by atoms with E-state index in [1.807, 2.05) is 4.90 Å². The Morgan fingerprint density at radius 2 is 1.71 bits per heavy atom. The van der Waals surface area contributed by atoms with Gasteiger partial charge in [-0.1, -0.05) is 6.92 Å². The van der Waals surface area contributed by atoms with Gasteiger partial charge < -0.3 is 19.9 Å². The van der Waals surface area contributed by atoms with Crippen LogP contribution in [0.1, 0.15) is 34.6 Å². The average Bonchev–Trinajstić information content (AvgIpc) is 2.74. The lowest BCUT2D eigenvalue weighted by Crippen LogP contribution is -2.48. The minimum atomic E-state index is -0.341. The van der Waals surface area contributed by atoms with Crippen molar-refractivity contribution in [2.75, 3.05) is 44.6 Å². The van der Waals surface area contributed by atoms with Gasteiger partial charge in [-0.05, 0) is 43.8 Å². The summed E-state index contributed by atoms with van der Waals surface area (Å²) >= 11 is 0. The molecule has 0 radical (unpaired) electrons. The van der Waals surface area contributed by atoms with E-state index in [0.717, 1.165) is 44.1 Å². The summed E-state index contributed by atoms with van der Waals surface area (Å²) in [6.07, 6.45) is 3.27. The number of esters is 1. The Kier molecular flexibility index (Phi) is 6.60. The van der Waals surface area contributed by atoms with Gasteiger partial charge in [0.05, 0.1) is 29.6 Å². The van der Waals surface area contributed by atoms with E-state index in [0.29, 0.717) is 17.7 Å². The molecule has 0 atom stereocenters. The standard InChI is InChI=1S/C21H26N4O3/c1-3-24-9-11-25(12-10-24)20(26)17-13-19(15-22-14-17)23-18-7-5-16(6-8-18)21(27)28-4-2/h5-8,13-15,23H,3-4,9-12H2,1-2H3. The fourth-order valence-electron chi connectivity index (χ4n) is 3.15. The summed E-state index contributed by atoms with van der Waals surface area (Å²) in [6.45, 7) is 8.55. The molecule has 7 heteroatoms. The van der Waals surface area contributed by atoms with E-state index in [4.69, 9.17) is 4.74 Å². The van der Waals surface area contributed by atoms with Crippen molar-refractivity contribution >= 4 is 23.3 Å². The highest BCUT2D eigenvalue weighted by Gasteiger charge is 2.21. The van der Waals surface area contributed by atoms with Crippen molar-refractivity contribution in [3.8, 4) is 0 Å². The predicted octanol–water partition coefficient (Wildman–Crippen LogP) is 2.78. The second kappa shape index (κ2) is 9.32. The maximum Gasteiger partial charge on any atom is 0.338 e. The first-order chi connectivity index (χ1) is 13.6. The lowest BCUT2D eigenvalue weighted by atomic mass is 10.2. The molecule has 0 unspecified atom stereocenters. The van der Waals surface area contributed by atoms with E-state index in [-0.39, 0.29) is 11.9 Å². The molecule has 0 spiro atoms. The van der Waals surface area contributed by atoms with Gasteiger partial charge in [0, 0.05) is 38.1 Å². The summed E-state index contributed by atoms with van der Waals surface area (Å²) in [6, 6.07) is 8.81. The van der Waals surface area contributed by atoms with Crippen LogP contribution in [0.3, 0.4) is 0 Å². The number of ether oxygens (including phenoxy) is 1. The SMILES string of the molecule is CCOC(=O)c1ccc(Nc2cncc(C(=O)N3CCN(CC)CC3)c2)cc1. The van der Waals surface area contributed by atoms with E-state index in [2.05, 4.69) is 22.1 Å².